The van der Waals surface area contributed by atoms with E-state index in [0.717, 1.165) is 52.4 Å². The molecule has 0 amide bonds. The van der Waals surface area contributed by atoms with Crippen molar-refractivity contribution in [1.82, 2.24) is 4.98 Å². The summed E-state index contributed by atoms with van der Waals surface area (Å²) >= 11 is 0. The van der Waals surface area contributed by atoms with Gasteiger partial charge in [0, 0.05) is 24.8 Å². The van der Waals surface area contributed by atoms with Crippen LogP contribution in [-0.4, -0.2) is 37.2 Å². The van der Waals surface area contributed by atoms with E-state index in [4.69, 9.17) is 19.2 Å². The first-order valence-corrected chi connectivity index (χ1v) is 12.7. The molecule has 0 unspecified atom stereocenters. The molecule has 0 N–H and O–H groups in total. The Morgan fingerprint density at radius 3 is 2.46 bits per heavy atom. The van der Waals surface area contributed by atoms with Crippen LogP contribution in [0.25, 0.3) is 11.3 Å². The molecule has 5 rings (SSSR count). The molecule has 2 aromatic carbocycles. The highest BCUT2D eigenvalue weighted by Gasteiger charge is 2.19. The van der Waals surface area contributed by atoms with Gasteiger partial charge in [-0.05, 0) is 97.7 Å². The topological polar surface area (TPSA) is 79.2 Å². The lowest BCUT2D eigenvalue weighted by Crippen LogP contribution is -2.11. The van der Waals surface area contributed by atoms with Crippen LogP contribution in [0.2, 0.25) is 0 Å². The van der Waals surface area contributed by atoms with E-state index in [9.17, 15) is 4.79 Å². The molecule has 7 nitrogen and oxygen atoms in total. The predicted octanol–water partition coefficient (Wildman–Crippen LogP) is 5.50. The Morgan fingerprint density at radius 1 is 0.946 bits per heavy atom. The first-order chi connectivity index (χ1) is 18.0. The zero-order chi connectivity index (χ0) is 25.8. The third-order valence-corrected chi connectivity index (χ3v) is 6.93. The van der Waals surface area contributed by atoms with Gasteiger partial charge >= 0.3 is 5.97 Å². The van der Waals surface area contributed by atoms with Crippen LogP contribution in [-0.2, 0) is 33.6 Å². The average Bonchev–Trinajstić information content (AvgIpc) is 3.33. The summed E-state index contributed by atoms with van der Waals surface area (Å²) in [6.45, 7) is 4.56. The first kappa shape index (κ1) is 25.0. The number of pyridine rings is 1. The van der Waals surface area contributed by atoms with Crippen molar-refractivity contribution in [1.29, 1.82) is 0 Å². The molecule has 0 saturated heterocycles. The van der Waals surface area contributed by atoms with E-state index in [1.165, 1.54) is 29.5 Å². The van der Waals surface area contributed by atoms with Crippen LogP contribution in [0.4, 0.5) is 0 Å². The second-order valence-electron chi connectivity index (χ2n) is 9.69. The number of oxime groups is 1. The van der Waals surface area contributed by atoms with Crippen LogP contribution in [0.3, 0.4) is 0 Å². The molecule has 3 aromatic rings. The Balaban J connectivity index is 1.39. The van der Waals surface area contributed by atoms with Gasteiger partial charge < -0.3 is 19.0 Å². The minimum Gasteiger partial charge on any atom is -0.487 e. The summed E-state index contributed by atoms with van der Waals surface area (Å²) in [4.78, 5) is 20.9. The van der Waals surface area contributed by atoms with Gasteiger partial charge in [0.15, 0.2) is 6.79 Å². The molecule has 0 spiro atoms. The normalized spacial score (nSPS) is 14.7. The molecule has 0 atom stereocenters. The Bertz CT molecular complexity index is 1320. The van der Waals surface area contributed by atoms with Crippen molar-refractivity contribution in [2.45, 2.75) is 52.4 Å². The van der Waals surface area contributed by atoms with Crippen LogP contribution < -0.4 is 9.47 Å². The van der Waals surface area contributed by atoms with Gasteiger partial charge in [-0.25, -0.2) is 9.78 Å². The third kappa shape index (κ3) is 5.83. The number of fused-ring (bicyclic) bond motifs is 1. The standard InChI is InChI=1S/C30H32N2O5/c1-19-12-26(35-17-25-16-29(33)37-32-25)13-20(2)27(19)15-24-10-11-28(36-18-34-3)30(31-24)23-9-8-21-6-4-5-7-22(21)14-23/h8-14H,4-7,15-18H2,1-3H3. The summed E-state index contributed by atoms with van der Waals surface area (Å²) in [6.07, 6.45) is 5.62. The number of aromatic nitrogens is 1. The molecule has 1 aliphatic carbocycles. The number of carbonyl (C=O) groups is 1. The number of rotatable bonds is 9. The second kappa shape index (κ2) is 11.1. The Labute approximate surface area is 217 Å². The third-order valence-electron chi connectivity index (χ3n) is 6.93. The van der Waals surface area contributed by atoms with E-state index in [-0.39, 0.29) is 25.8 Å². The minimum atomic E-state index is -0.345. The second-order valence-corrected chi connectivity index (χ2v) is 9.69. The molecule has 2 aliphatic rings. The monoisotopic (exact) mass is 500 g/mol. The number of ether oxygens (including phenoxy) is 3. The molecule has 1 aromatic heterocycles. The Kier molecular flexibility index (Phi) is 7.51. The first-order valence-electron chi connectivity index (χ1n) is 12.7. The smallest absolute Gasteiger partial charge is 0.340 e. The summed E-state index contributed by atoms with van der Waals surface area (Å²) in [5, 5.41) is 3.75. The van der Waals surface area contributed by atoms with Gasteiger partial charge in [0.1, 0.15) is 29.5 Å². The largest absolute Gasteiger partial charge is 0.487 e. The number of benzene rings is 2. The zero-order valence-electron chi connectivity index (χ0n) is 21.6. The SMILES string of the molecule is COCOc1ccc(Cc2c(C)cc(OCC3=NOC(=O)C3)cc2C)nc1-c1ccc2c(c1)CCCC2. The fourth-order valence-electron chi connectivity index (χ4n) is 5.00. The van der Waals surface area contributed by atoms with E-state index in [0.29, 0.717) is 12.1 Å². The highest BCUT2D eigenvalue weighted by Crippen LogP contribution is 2.33. The van der Waals surface area contributed by atoms with E-state index < -0.39 is 0 Å². The van der Waals surface area contributed by atoms with Gasteiger partial charge in [-0.3, -0.25) is 0 Å². The number of nitrogens with zero attached hydrogens (tertiary/aromatic N) is 2. The lowest BCUT2D eigenvalue weighted by Gasteiger charge is -2.18. The molecule has 0 fully saturated rings. The highest BCUT2D eigenvalue weighted by molar-refractivity contribution is 6.02. The number of aryl methyl sites for hydroxylation is 4. The van der Waals surface area contributed by atoms with Gasteiger partial charge in [0.2, 0.25) is 0 Å². The number of methoxy groups -OCH3 is 1. The quantitative estimate of drug-likeness (QED) is 0.285. The van der Waals surface area contributed by atoms with Crippen LogP contribution in [0.15, 0.2) is 47.6 Å². The van der Waals surface area contributed by atoms with Crippen LogP contribution >= 0.6 is 0 Å². The van der Waals surface area contributed by atoms with Crippen LogP contribution in [0.5, 0.6) is 11.5 Å². The Hall–Kier alpha value is -3.71. The van der Waals surface area contributed by atoms with Gasteiger partial charge in [-0.1, -0.05) is 17.3 Å². The van der Waals surface area contributed by atoms with Crippen LogP contribution in [0.1, 0.15) is 52.8 Å². The molecule has 7 heteroatoms. The van der Waals surface area contributed by atoms with Gasteiger partial charge in [0.05, 0.1) is 6.42 Å². The minimum absolute atomic E-state index is 0.172. The molecule has 1 aliphatic heterocycles. The van der Waals surface area contributed by atoms with Crippen molar-refractivity contribution in [2.24, 2.45) is 5.16 Å². The number of hydrogen-bond donors (Lipinski definition) is 0. The Morgan fingerprint density at radius 2 is 1.73 bits per heavy atom. The maximum absolute atomic E-state index is 11.2. The predicted molar refractivity (Wildman–Crippen MR) is 141 cm³/mol. The summed E-state index contributed by atoms with van der Waals surface area (Å²) in [7, 11) is 1.62. The summed E-state index contributed by atoms with van der Waals surface area (Å²) < 4.78 is 16.9. The summed E-state index contributed by atoms with van der Waals surface area (Å²) in [5.41, 5.74) is 9.77. The molecule has 37 heavy (non-hydrogen) atoms. The molecule has 0 saturated carbocycles. The molecule has 0 bridgehead atoms. The van der Waals surface area contributed by atoms with E-state index in [2.05, 4.69) is 42.0 Å². The van der Waals surface area contributed by atoms with Gasteiger partial charge in [0.25, 0.3) is 0 Å². The molecular formula is C30H32N2O5. The number of hydrogen-bond acceptors (Lipinski definition) is 7. The maximum atomic E-state index is 11.2. The van der Waals surface area contributed by atoms with Crippen molar-refractivity contribution in [3.05, 3.63) is 76.0 Å². The van der Waals surface area contributed by atoms with Crippen molar-refractivity contribution in [3.63, 3.8) is 0 Å². The van der Waals surface area contributed by atoms with Crippen molar-refractivity contribution < 1.29 is 23.8 Å². The van der Waals surface area contributed by atoms with Gasteiger partial charge in [-0.15, -0.1) is 0 Å². The lowest BCUT2D eigenvalue weighted by molar-refractivity contribution is -0.140. The highest BCUT2D eigenvalue weighted by atomic mass is 16.7. The fraction of sp³-hybridized carbons (Fsp3) is 0.367. The summed E-state index contributed by atoms with van der Waals surface area (Å²) in [6, 6.07) is 14.7. The van der Waals surface area contributed by atoms with Crippen molar-refractivity contribution in [2.75, 3.05) is 20.5 Å². The van der Waals surface area contributed by atoms with Gasteiger partial charge in [-0.2, -0.15) is 0 Å². The fourth-order valence-corrected chi connectivity index (χ4v) is 5.00. The van der Waals surface area contributed by atoms with Crippen molar-refractivity contribution in [3.8, 4) is 22.8 Å². The van der Waals surface area contributed by atoms with Crippen LogP contribution in [0, 0.1) is 13.8 Å². The lowest BCUT2D eigenvalue weighted by atomic mass is 9.89. The molecule has 192 valence electrons. The van der Waals surface area contributed by atoms with E-state index in [1.54, 1.807) is 7.11 Å². The average molecular weight is 501 g/mol. The number of carbonyl (C=O) groups excluding carboxylic acids is 1. The zero-order valence-corrected chi connectivity index (χ0v) is 21.6. The summed E-state index contributed by atoms with van der Waals surface area (Å²) in [5.74, 6) is 1.12. The maximum Gasteiger partial charge on any atom is 0.340 e. The molecule has 0 radical (unpaired) electrons. The molecule has 2 heterocycles. The van der Waals surface area contributed by atoms with E-state index >= 15 is 0 Å². The van der Waals surface area contributed by atoms with E-state index in [1.807, 2.05) is 24.3 Å². The molecular weight excluding hydrogens is 468 g/mol. The van der Waals surface area contributed by atoms with Crippen molar-refractivity contribution >= 4 is 11.7 Å².